The SMILES string of the molecule is CC(C)S(=O)(=O)Nc1ccc2c(c1)CN(S(C)(=O)=O)CC2. The number of anilines is 1. The molecule has 0 amide bonds. The lowest BCUT2D eigenvalue weighted by Crippen LogP contribution is -2.35. The molecule has 1 heterocycles. The maximum Gasteiger partial charge on any atom is 0.235 e. The summed E-state index contributed by atoms with van der Waals surface area (Å²) in [4.78, 5) is 0. The average Bonchev–Trinajstić information content (AvgIpc) is 2.36. The summed E-state index contributed by atoms with van der Waals surface area (Å²) in [5, 5.41) is -0.527. The minimum Gasteiger partial charge on any atom is -0.283 e. The van der Waals surface area contributed by atoms with E-state index in [4.69, 9.17) is 0 Å². The van der Waals surface area contributed by atoms with E-state index in [-0.39, 0.29) is 6.54 Å². The fourth-order valence-electron chi connectivity index (χ4n) is 2.16. The molecular formula is C13H20N2O4S2. The zero-order valence-electron chi connectivity index (χ0n) is 12.3. The van der Waals surface area contributed by atoms with Gasteiger partial charge in [-0.25, -0.2) is 16.8 Å². The van der Waals surface area contributed by atoms with Crippen LogP contribution in [0.4, 0.5) is 5.69 Å². The van der Waals surface area contributed by atoms with Crippen LogP contribution in [-0.2, 0) is 33.0 Å². The number of benzene rings is 1. The summed E-state index contributed by atoms with van der Waals surface area (Å²) in [5.41, 5.74) is 2.37. The van der Waals surface area contributed by atoms with Gasteiger partial charge in [-0.1, -0.05) is 6.07 Å². The Kier molecular flexibility index (Phi) is 4.32. The Hall–Kier alpha value is -1.12. The minimum absolute atomic E-state index is 0.283. The molecule has 1 aromatic carbocycles. The molecule has 0 bridgehead atoms. The van der Waals surface area contributed by atoms with Crippen LogP contribution < -0.4 is 4.72 Å². The van der Waals surface area contributed by atoms with Crippen LogP contribution in [0.1, 0.15) is 25.0 Å². The molecule has 0 saturated heterocycles. The van der Waals surface area contributed by atoms with Gasteiger partial charge in [0.15, 0.2) is 0 Å². The minimum atomic E-state index is -3.40. The molecule has 8 heteroatoms. The van der Waals surface area contributed by atoms with E-state index in [9.17, 15) is 16.8 Å². The number of sulfonamides is 2. The Morgan fingerprint density at radius 2 is 1.81 bits per heavy atom. The van der Waals surface area contributed by atoms with Crippen molar-refractivity contribution in [1.82, 2.24) is 4.31 Å². The zero-order valence-corrected chi connectivity index (χ0v) is 14.0. The molecule has 1 aliphatic rings. The summed E-state index contributed by atoms with van der Waals surface area (Å²) < 4.78 is 50.9. The van der Waals surface area contributed by atoms with Crippen LogP contribution in [0.5, 0.6) is 0 Å². The van der Waals surface area contributed by atoms with Crippen LogP contribution in [0.2, 0.25) is 0 Å². The van der Waals surface area contributed by atoms with Crippen LogP contribution in [-0.4, -0.2) is 39.2 Å². The van der Waals surface area contributed by atoms with Gasteiger partial charge in [0.25, 0.3) is 0 Å². The van der Waals surface area contributed by atoms with Gasteiger partial charge in [0.2, 0.25) is 20.0 Å². The number of fused-ring (bicyclic) bond motifs is 1. The molecule has 1 N–H and O–H groups in total. The van der Waals surface area contributed by atoms with Gasteiger partial charge in [-0.2, -0.15) is 4.31 Å². The second-order valence-electron chi connectivity index (χ2n) is 5.53. The molecule has 0 radical (unpaired) electrons. The first kappa shape index (κ1) is 16.3. The molecule has 21 heavy (non-hydrogen) atoms. The van der Waals surface area contributed by atoms with Gasteiger partial charge < -0.3 is 0 Å². The van der Waals surface area contributed by atoms with E-state index in [0.29, 0.717) is 18.7 Å². The van der Waals surface area contributed by atoms with E-state index in [1.165, 1.54) is 10.6 Å². The van der Waals surface area contributed by atoms with Crippen molar-refractivity contribution < 1.29 is 16.8 Å². The normalized spacial score (nSPS) is 16.8. The molecule has 0 spiro atoms. The zero-order chi connectivity index (χ0) is 15.8. The molecule has 2 rings (SSSR count). The lowest BCUT2D eigenvalue weighted by atomic mass is 10.0. The summed E-state index contributed by atoms with van der Waals surface area (Å²) >= 11 is 0. The van der Waals surface area contributed by atoms with Gasteiger partial charge in [-0.05, 0) is 43.5 Å². The van der Waals surface area contributed by atoms with Crippen LogP contribution in [0.3, 0.4) is 0 Å². The van der Waals surface area contributed by atoms with E-state index >= 15 is 0 Å². The van der Waals surface area contributed by atoms with E-state index in [1.54, 1.807) is 26.0 Å². The number of hydrogen-bond donors (Lipinski definition) is 1. The smallest absolute Gasteiger partial charge is 0.235 e. The molecule has 0 saturated carbocycles. The summed E-state index contributed by atoms with van der Waals surface area (Å²) in [7, 11) is -6.64. The Labute approximate surface area is 126 Å². The predicted molar refractivity (Wildman–Crippen MR) is 83.1 cm³/mol. The van der Waals surface area contributed by atoms with Crippen molar-refractivity contribution in [2.75, 3.05) is 17.5 Å². The number of hydrogen-bond acceptors (Lipinski definition) is 4. The van der Waals surface area contributed by atoms with E-state index < -0.39 is 25.3 Å². The third kappa shape index (κ3) is 3.75. The summed E-state index contributed by atoms with van der Waals surface area (Å²) in [6.45, 7) is 3.95. The maximum absolute atomic E-state index is 11.9. The summed E-state index contributed by atoms with van der Waals surface area (Å²) in [6.07, 6.45) is 1.82. The molecule has 1 aliphatic heterocycles. The number of nitrogens with zero attached hydrogens (tertiary/aromatic N) is 1. The molecule has 118 valence electrons. The highest BCUT2D eigenvalue weighted by Crippen LogP contribution is 2.24. The molecule has 0 aromatic heterocycles. The van der Waals surface area contributed by atoms with E-state index in [0.717, 1.165) is 11.1 Å². The van der Waals surface area contributed by atoms with Crippen LogP contribution in [0, 0.1) is 0 Å². The van der Waals surface area contributed by atoms with Gasteiger partial charge in [0, 0.05) is 18.8 Å². The Balaban J connectivity index is 2.28. The van der Waals surface area contributed by atoms with Crippen molar-refractivity contribution in [2.24, 2.45) is 0 Å². The Bertz CT molecular complexity index is 739. The van der Waals surface area contributed by atoms with Crippen molar-refractivity contribution in [3.63, 3.8) is 0 Å². The van der Waals surface area contributed by atoms with Gasteiger partial charge in [0.1, 0.15) is 0 Å². The lowest BCUT2D eigenvalue weighted by molar-refractivity contribution is 0.395. The van der Waals surface area contributed by atoms with Crippen LogP contribution in [0.15, 0.2) is 18.2 Å². The average molecular weight is 332 g/mol. The standard InChI is InChI=1S/C13H20N2O4S2/c1-10(2)21(18,19)14-13-5-4-11-6-7-15(20(3,16)17)9-12(11)8-13/h4-5,8,10,14H,6-7,9H2,1-3H3. The van der Waals surface area contributed by atoms with Crippen LogP contribution >= 0.6 is 0 Å². The van der Waals surface area contributed by atoms with Gasteiger partial charge in [-0.15, -0.1) is 0 Å². The quantitative estimate of drug-likeness (QED) is 0.896. The first-order chi connectivity index (χ1) is 9.59. The van der Waals surface area contributed by atoms with Gasteiger partial charge in [0.05, 0.1) is 11.5 Å². The Morgan fingerprint density at radius 3 is 2.38 bits per heavy atom. The first-order valence-electron chi connectivity index (χ1n) is 6.68. The summed E-state index contributed by atoms with van der Waals surface area (Å²) in [5.74, 6) is 0. The van der Waals surface area contributed by atoms with Crippen molar-refractivity contribution in [1.29, 1.82) is 0 Å². The highest BCUT2D eigenvalue weighted by atomic mass is 32.2. The lowest BCUT2D eigenvalue weighted by Gasteiger charge is -2.27. The largest absolute Gasteiger partial charge is 0.283 e. The predicted octanol–water partition coefficient (Wildman–Crippen LogP) is 1.15. The highest BCUT2D eigenvalue weighted by Gasteiger charge is 2.24. The second kappa shape index (κ2) is 5.58. The molecule has 0 fully saturated rings. The number of nitrogens with one attached hydrogen (secondary N) is 1. The highest BCUT2D eigenvalue weighted by molar-refractivity contribution is 7.93. The van der Waals surface area contributed by atoms with Crippen LogP contribution in [0.25, 0.3) is 0 Å². The van der Waals surface area contributed by atoms with Gasteiger partial charge >= 0.3 is 0 Å². The third-order valence-electron chi connectivity index (χ3n) is 3.53. The van der Waals surface area contributed by atoms with Crippen molar-refractivity contribution in [3.8, 4) is 0 Å². The monoisotopic (exact) mass is 332 g/mol. The topological polar surface area (TPSA) is 83.6 Å². The number of rotatable bonds is 4. The molecule has 0 aliphatic carbocycles. The fourth-order valence-corrected chi connectivity index (χ4v) is 3.65. The van der Waals surface area contributed by atoms with E-state index in [2.05, 4.69) is 4.72 Å². The van der Waals surface area contributed by atoms with Crippen molar-refractivity contribution in [3.05, 3.63) is 29.3 Å². The first-order valence-corrected chi connectivity index (χ1v) is 10.1. The maximum atomic E-state index is 11.9. The summed E-state index contributed by atoms with van der Waals surface area (Å²) in [6, 6.07) is 5.29. The second-order valence-corrected chi connectivity index (χ2v) is 9.75. The van der Waals surface area contributed by atoms with Crippen molar-refractivity contribution >= 4 is 25.7 Å². The molecule has 6 nitrogen and oxygen atoms in total. The molecular weight excluding hydrogens is 312 g/mol. The molecule has 0 unspecified atom stereocenters. The fraction of sp³-hybridized carbons (Fsp3) is 0.538. The Morgan fingerprint density at radius 1 is 1.14 bits per heavy atom. The van der Waals surface area contributed by atoms with Gasteiger partial charge in [-0.3, -0.25) is 4.72 Å². The van der Waals surface area contributed by atoms with E-state index in [1.807, 2.05) is 6.07 Å². The molecule has 0 atom stereocenters. The van der Waals surface area contributed by atoms with Crippen molar-refractivity contribution in [2.45, 2.75) is 32.1 Å². The molecule has 1 aromatic rings. The third-order valence-corrected chi connectivity index (χ3v) is 6.54.